The normalized spacial score (nSPS) is 16.4. The van der Waals surface area contributed by atoms with Crippen molar-refractivity contribution in [1.82, 2.24) is 29.6 Å². The summed E-state index contributed by atoms with van der Waals surface area (Å²) in [4.78, 5) is 37.0. The number of fused-ring (bicyclic) bond motifs is 1. The monoisotopic (exact) mass is 451 g/mol. The molecule has 1 aliphatic heterocycles. The number of pyridine rings is 1. The lowest BCUT2D eigenvalue weighted by atomic mass is 9.97. The standard InChI is InChI=1S/C24H33N7O2/c1-5-30-21-20(10-7-12-25-21)27-22(24(30)33)29-14-8-9-18(15-29)23(32)26-13-11-19-16(3)28-31(6-2)17(19)4/h7,10,12,18H,5-6,8-9,11,13-15H2,1-4H3,(H,26,32)/t18-/m0/s1. The Balaban J connectivity index is 1.45. The summed E-state index contributed by atoms with van der Waals surface area (Å²) in [7, 11) is 0. The largest absolute Gasteiger partial charge is 0.355 e. The van der Waals surface area contributed by atoms with Crippen LogP contribution in [-0.4, -0.2) is 49.9 Å². The summed E-state index contributed by atoms with van der Waals surface area (Å²) in [6.45, 7) is 11.3. The second-order valence-electron chi connectivity index (χ2n) is 8.62. The first-order valence-corrected chi connectivity index (χ1v) is 11.9. The summed E-state index contributed by atoms with van der Waals surface area (Å²) in [5, 5.41) is 7.66. The van der Waals surface area contributed by atoms with E-state index < -0.39 is 0 Å². The van der Waals surface area contributed by atoms with Gasteiger partial charge in [0.05, 0.1) is 11.6 Å². The Labute approximate surface area is 193 Å². The van der Waals surface area contributed by atoms with E-state index in [1.807, 2.05) is 35.6 Å². The van der Waals surface area contributed by atoms with Gasteiger partial charge in [0.1, 0.15) is 5.52 Å². The SMILES string of the molecule is CCn1nc(C)c(CCNC(=O)[C@H]2CCCN(c3nc4cccnc4n(CC)c3=O)C2)c1C. The molecule has 0 unspecified atom stereocenters. The van der Waals surface area contributed by atoms with E-state index in [9.17, 15) is 9.59 Å². The highest BCUT2D eigenvalue weighted by molar-refractivity contribution is 5.79. The molecule has 1 N–H and O–H groups in total. The van der Waals surface area contributed by atoms with Gasteiger partial charge in [-0.3, -0.25) is 18.8 Å². The highest BCUT2D eigenvalue weighted by atomic mass is 16.2. The van der Waals surface area contributed by atoms with Crippen molar-refractivity contribution in [2.24, 2.45) is 5.92 Å². The number of carbonyl (C=O) groups is 1. The van der Waals surface area contributed by atoms with Crippen molar-refractivity contribution in [2.75, 3.05) is 24.5 Å². The number of rotatable bonds is 7. The number of hydrogen-bond donors (Lipinski definition) is 1. The smallest absolute Gasteiger partial charge is 0.295 e. The number of amides is 1. The van der Waals surface area contributed by atoms with Gasteiger partial charge in [0, 0.05) is 44.6 Å². The number of anilines is 1. The quantitative estimate of drug-likeness (QED) is 0.592. The molecule has 0 aliphatic carbocycles. The Morgan fingerprint density at radius 2 is 2.06 bits per heavy atom. The molecule has 176 valence electrons. The number of nitrogens with one attached hydrogen (secondary N) is 1. The maximum absolute atomic E-state index is 13.1. The van der Waals surface area contributed by atoms with Crippen molar-refractivity contribution in [2.45, 2.75) is 60.0 Å². The molecule has 4 heterocycles. The second-order valence-corrected chi connectivity index (χ2v) is 8.62. The average molecular weight is 452 g/mol. The molecule has 9 nitrogen and oxygen atoms in total. The minimum atomic E-state index is -0.166. The first kappa shape index (κ1) is 22.9. The molecule has 0 radical (unpaired) electrons. The van der Waals surface area contributed by atoms with Gasteiger partial charge in [-0.25, -0.2) is 9.97 Å². The third-order valence-electron chi connectivity index (χ3n) is 6.60. The Morgan fingerprint density at radius 3 is 2.79 bits per heavy atom. The Bertz CT molecular complexity index is 1210. The highest BCUT2D eigenvalue weighted by Crippen LogP contribution is 2.21. The van der Waals surface area contributed by atoms with Gasteiger partial charge >= 0.3 is 0 Å². The zero-order valence-corrected chi connectivity index (χ0v) is 20.0. The van der Waals surface area contributed by atoms with Gasteiger partial charge in [-0.15, -0.1) is 0 Å². The predicted molar refractivity (Wildman–Crippen MR) is 128 cm³/mol. The number of hydrogen-bond acceptors (Lipinski definition) is 6. The van der Waals surface area contributed by atoms with Crippen molar-refractivity contribution in [3.63, 3.8) is 0 Å². The number of aryl methyl sites for hydroxylation is 3. The topological polar surface area (TPSA) is 97.9 Å². The summed E-state index contributed by atoms with van der Waals surface area (Å²) >= 11 is 0. The molecular formula is C24H33N7O2. The summed E-state index contributed by atoms with van der Waals surface area (Å²) in [5.74, 6) is 0.282. The van der Waals surface area contributed by atoms with Crippen LogP contribution in [0.1, 0.15) is 43.6 Å². The van der Waals surface area contributed by atoms with E-state index in [0.29, 0.717) is 36.6 Å². The van der Waals surface area contributed by atoms with Crippen LogP contribution in [0.3, 0.4) is 0 Å². The third kappa shape index (κ3) is 4.49. The number of aromatic nitrogens is 5. The lowest BCUT2D eigenvalue weighted by molar-refractivity contribution is -0.125. The molecule has 3 aromatic heterocycles. The fourth-order valence-corrected chi connectivity index (χ4v) is 4.80. The molecular weight excluding hydrogens is 418 g/mol. The number of piperidine rings is 1. The minimum Gasteiger partial charge on any atom is -0.355 e. The van der Waals surface area contributed by atoms with Crippen molar-refractivity contribution >= 4 is 22.9 Å². The molecule has 1 fully saturated rings. The van der Waals surface area contributed by atoms with Gasteiger partial charge in [0.2, 0.25) is 5.91 Å². The molecule has 33 heavy (non-hydrogen) atoms. The summed E-state index contributed by atoms with van der Waals surface area (Å²) < 4.78 is 3.66. The van der Waals surface area contributed by atoms with Crippen molar-refractivity contribution in [3.8, 4) is 0 Å². The molecule has 4 rings (SSSR count). The van der Waals surface area contributed by atoms with Crippen LogP contribution in [0.25, 0.3) is 11.2 Å². The van der Waals surface area contributed by atoms with Gasteiger partial charge < -0.3 is 10.2 Å². The van der Waals surface area contributed by atoms with E-state index in [1.165, 1.54) is 5.56 Å². The van der Waals surface area contributed by atoms with Gasteiger partial charge in [-0.05, 0) is 64.7 Å². The zero-order chi connectivity index (χ0) is 23.5. The zero-order valence-electron chi connectivity index (χ0n) is 20.0. The molecule has 1 amide bonds. The lowest BCUT2D eigenvalue weighted by Gasteiger charge is -2.32. The maximum atomic E-state index is 13.1. The van der Waals surface area contributed by atoms with Crippen LogP contribution < -0.4 is 15.8 Å². The Morgan fingerprint density at radius 1 is 1.24 bits per heavy atom. The number of carbonyl (C=O) groups excluding carboxylic acids is 1. The van der Waals surface area contributed by atoms with Crippen LogP contribution in [0.4, 0.5) is 5.82 Å². The van der Waals surface area contributed by atoms with Crippen LogP contribution in [0.15, 0.2) is 23.1 Å². The van der Waals surface area contributed by atoms with E-state index in [4.69, 9.17) is 0 Å². The van der Waals surface area contributed by atoms with Gasteiger partial charge in [-0.2, -0.15) is 5.10 Å². The molecule has 0 spiro atoms. The summed E-state index contributed by atoms with van der Waals surface area (Å²) in [6, 6.07) is 3.69. The third-order valence-corrected chi connectivity index (χ3v) is 6.60. The van der Waals surface area contributed by atoms with E-state index in [-0.39, 0.29) is 17.4 Å². The van der Waals surface area contributed by atoms with E-state index >= 15 is 0 Å². The fraction of sp³-hybridized carbons (Fsp3) is 0.542. The summed E-state index contributed by atoms with van der Waals surface area (Å²) in [5.41, 5.74) is 4.53. The first-order chi connectivity index (χ1) is 15.9. The molecule has 0 bridgehead atoms. The van der Waals surface area contributed by atoms with E-state index in [1.54, 1.807) is 10.8 Å². The van der Waals surface area contributed by atoms with E-state index in [2.05, 4.69) is 34.2 Å². The van der Waals surface area contributed by atoms with Crippen LogP contribution in [-0.2, 0) is 24.3 Å². The fourth-order valence-electron chi connectivity index (χ4n) is 4.80. The predicted octanol–water partition coefficient (Wildman–Crippen LogP) is 2.22. The second kappa shape index (κ2) is 9.72. The molecule has 0 aromatic carbocycles. The van der Waals surface area contributed by atoms with Crippen molar-refractivity contribution in [3.05, 3.63) is 45.6 Å². The van der Waals surface area contributed by atoms with Crippen LogP contribution >= 0.6 is 0 Å². The summed E-state index contributed by atoms with van der Waals surface area (Å²) in [6.07, 6.45) is 4.09. The minimum absolute atomic E-state index is 0.0381. The molecule has 3 aromatic rings. The lowest BCUT2D eigenvalue weighted by Crippen LogP contribution is -2.46. The Kier molecular flexibility index (Phi) is 6.76. The first-order valence-electron chi connectivity index (χ1n) is 11.9. The molecule has 1 aliphatic rings. The molecule has 1 atom stereocenters. The van der Waals surface area contributed by atoms with E-state index in [0.717, 1.165) is 43.7 Å². The number of nitrogens with zero attached hydrogens (tertiary/aromatic N) is 6. The van der Waals surface area contributed by atoms with Gasteiger partial charge in [0.25, 0.3) is 5.56 Å². The molecule has 9 heteroatoms. The van der Waals surface area contributed by atoms with Crippen LogP contribution in [0.5, 0.6) is 0 Å². The van der Waals surface area contributed by atoms with Crippen molar-refractivity contribution < 1.29 is 4.79 Å². The average Bonchev–Trinajstić information content (AvgIpc) is 3.11. The molecule has 1 saturated heterocycles. The van der Waals surface area contributed by atoms with Crippen LogP contribution in [0, 0.1) is 19.8 Å². The van der Waals surface area contributed by atoms with Gasteiger partial charge in [0.15, 0.2) is 11.5 Å². The Hall–Kier alpha value is -3.23. The molecule has 0 saturated carbocycles. The van der Waals surface area contributed by atoms with Gasteiger partial charge in [-0.1, -0.05) is 0 Å². The maximum Gasteiger partial charge on any atom is 0.295 e. The van der Waals surface area contributed by atoms with Crippen LogP contribution in [0.2, 0.25) is 0 Å². The highest BCUT2D eigenvalue weighted by Gasteiger charge is 2.28. The van der Waals surface area contributed by atoms with Crippen molar-refractivity contribution in [1.29, 1.82) is 0 Å².